The van der Waals surface area contributed by atoms with E-state index < -0.39 is 0 Å². The third-order valence-corrected chi connectivity index (χ3v) is 6.13. The Kier molecular flexibility index (Phi) is 4.12. The topological polar surface area (TPSA) is 33.4 Å². The van der Waals surface area contributed by atoms with Gasteiger partial charge in [-0.1, -0.05) is 24.8 Å². The minimum absolute atomic E-state index is 0.0889. The lowest BCUT2D eigenvalue weighted by Crippen LogP contribution is -2.35. The third kappa shape index (κ3) is 2.55. The Bertz CT molecular complexity index is 737. The van der Waals surface area contributed by atoms with Gasteiger partial charge >= 0.3 is 0 Å². The molecule has 2 aromatic heterocycles. The van der Waals surface area contributed by atoms with Crippen molar-refractivity contribution in [2.24, 2.45) is 4.99 Å². The van der Waals surface area contributed by atoms with Crippen molar-refractivity contribution >= 4 is 16.9 Å². The highest BCUT2D eigenvalue weighted by Crippen LogP contribution is 2.48. The summed E-state index contributed by atoms with van der Waals surface area (Å²) in [7, 11) is 0. The summed E-state index contributed by atoms with van der Waals surface area (Å²) in [6.45, 7) is 6.72. The van der Waals surface area contributed by atoms with Gasteiger partial charge in [-0.25, -0.2) is 0 Å². The molecule has 4 nitrogen and oxygen atoms in total. The van der Waals surface area contributed by atoms with Crippen molar-refractivity contribution in [3.63, 3.8) is 0 Å². The van der Waals surface area contributed by atoms with E-state index in [-0.39, 0.29) is 12.1 Å². The SMILES string of the molecule is CC[C@@H]1CSC2=N[C@H](c3ccccn3)[C@@H](c3ccn(C(C)C)c3)N21. The Labute approximate surface area is 148 Å². The number of nitrogens with zero attached hydrogens (tertiary/aromatic N) is 4. The van der Waals surface area contributed by atoms with E-state index in [0.29, 0.717) is 12.1 Å². The summed E-state index contributed by atoms with van der Waals surface area (Å²) >= 11 is 1.90. The molecular formula is C19H24N4S. The largest absolute Gasteiger partial charge is 0.351 e. The quantitative estimate of drug-likeness (QED) is 0.825. The van der Waals surface area contributed by atoms with Crippen LogP contribution in [-0.2, 0) is 0 Å². The van der Waals surface area contributed by atoms with Crippen LogP contribution in [0.3, 0.4) is 0 Å². The van der Waals surface area contributed by atoms with Crippen molar-refractivity contribution in [2.45, 2.75) is 51.4 Å². The Balaban J connectivity index is 1.76. The van der Waals surface area contributed by atoms with Crippen LogP contribution in [-0.4, -0.2) is 31.4 Å². The summed E-state index contributed by atoms with van der Waals surface area (Å²) in [4.78, 5) is 12.2. The molecule has 0 bridgehead atoms. The smallest absolute Gasteiger partial charge is 0.160 e. The normalized spacial score (nSPS) is 26.1. The van der Waals surface area contributed by atoms with Crippen molar-refractivity contribution in [1.29, 1.82) is 0 Å². The molecule has 0 amide bonds. The number of thioether (sulfide) groups is 1. The summed E-state index contributed by atoms with van der Waals surface area (Å²) in [5.74, 6) is 1.14. The standard InChI is InChI=1S/C19H24N4S/c1-4-15-12-24-19-21-17(16-7-5-6-9-20-16)18(23(15)19)14-8-10-22(11-14)13(2)3/h5-11,13,15,17-18H,4,12H2,1-3H3/t15-,17-,18-/m1/s1. The Morgan fingerprint density at radius 1 is 1.29 bits per heavy atom. The van der Waals surface area contributed by atoms with Crippen LogP contribution in [0.5, 0.6) is 0 Å². The van der Waals surface area contributed by atoms with E-state index in [1.165, 1.54) is 10.7 Å². The first-order valence-electron chi connectivity index (χ1n) is 8.76. The molecular weight excluding hydrogens is 316 g/mol. The van der Waals surface area contributed by atoms with Crippen LogP contribution in [0.25, 0.3) is 0 Å². The van der Waals surface area contributed by atoms with Crippen molar-refractivity contribution in [2.75, 3.05) is 5.75 Å². The fourth-order valence-corrected chi connectivity index (χ4v) is 4.97. The minimum atomic E-state index is 0.0889. The van der Waals surface area contributed by atoms with Crippen LogP contribution in [0.2, 0.25) is 0 Å². The molecule has 2 aliphatic heterocycles. The molecule has 0 aliphatic carbocycles. The number of hydrogen-bond acceptors (Lipinski definition) is 4. The lowest BCUT2D eigenvalue weighted by molar-refractivity contribution is 0.255. The predicted octanol–water partition coefficient (Wildman–Crippen LogP) is 4.44. The third-order valence-electron chi connectivity index (χ3n) is 5.00. The predicted molar refractivity (Wildman–Crippen MR) is 100 cm³/mol. The monoisotopic (exact) mass is 340 g/mol. The first-order valence-corrected chi connectivity index (χ1v) is 9.74. The van der Waals surface area contributed by atoms with E-state index in [1.807, 2.05) is 24.0 Å². The Hall–Kier alpha value is -1.75. The van der Waals surface area contributed by atoms with E-state index in [2.05, 4.69) is 65.8 Å². The number of fused-ring (bicyclic) bond motifs is 1. The van der Waals surface area contributed by atoms with Crippen LogP contribution < -0.4 is 0 Å². The van der Waals surface area contributed by atoms with E-state index in [4.69, 9.17) is 4.99 Å². The van der Waals surface area contributed by atoms with Gasteiger partial charge in [-0.2, -0.15) is 0 Å². The molecule has 0 spiro atoms. The van der Waals surface area contributed by atoms with Gasteiger partial charge in [0.15, 0.2) is 5.17 Å². The summed E-state index contributed by atoms with van der Waals surface area (Å²) in [6.07, 6.45) is 7.51. The van der Waals surface area contributed by atoms with Crippen molar-refractivity contribution in [3.8, 4) is 0 Å². The first-order chi connectivity index (χ1) is 11.7. The first kappa shape index (κ1) is 15.8. The van der Waals surface area contributed by atoms with Gasteiger partial charge in [0.25, 0.3) is 0 Å². The number of rotatable bonds is 4. The highest BCUT2D eigenvalue weighted by Gasteiger charge is 2.45. The lowest BCUT2D eigenvalue weighted by Gasteiger charge is -2.31. The van der Waals surface area contributed by atoms with E-state index >= 15 is 0 Å². The Morgan fingerprint density at radius 3 is 2.83 bits per heavy atom. The van der Waals surface area contributed by atoms with Gasteiger partial charge in [0.2, 0.25) is 0 Å². The van der Waals surface area contributed by atoms with Gasteiger partial charge in [-0.05, 0) is 44.0 Å². The molecule has 0 N–H and O–H groups in total. The van der Waals surface area contributed by atoms with E-state index in [1.54, 1.807) is 0 Å². The zero-order valence-corrected chi connectivity index (χ0v) is 15.3. The summed E-state index contributed by atoms with van der Waals surface area (Å²) < 4.78 is 2.28. The average Bonchev–Trinajstić information content (AvgIpc) is 3.29. The molecule has 0 unspecified atom stereocenters. The minimum Gasteiger partial charge on any atom is -0.351 e. The summed E-state index contributed by atoms with van der Waals surface area (Å²) in [6, 6.07) is 9.79. The Morgan fingerprint density at radius 2 is 2.17 bits per heavy atom. The van der Waals surface area contributed by atoms with Crippen LogP contribution in [0.1, 0.15) is 56.6 Å². The maximum absolute atomic E-state index is 5.06. The van der Waals surface area contributed by atoms with Gasteiger partial charge in [-0.3, -0.25) is 9.98 Å². The van der Waals surface area contributed by atoms with Crippen molar-refractivity contribution < 1.29 is 0 Å². The molecule has 24 heavy (non-hydrogen) atoms. The number of pyridine rings is 1. The molecule has 2 aliphatic rings. The second-order valence-corrected chi connectivity index (χ2v) is 7.81. The van der Waals surface area contributed by atoms with Gasteiger partial charge in [0, 0.05) is 36.4 Å². The molecule has 3 atom stereocenters. The maximum Gasteiger partial charge on any atom is 0.160 e. The summed E-state index contributed by atoms with van der Waals surface area (Å²) in [5.41, 5.74) is 2.41. The average molecular weight is 340 g/mol. The number of aromatic nitrogens is 2. The molecule has 0 aromatic carbocycles. The van der Waals surface area contributed by atoms with Crippen LogP contribution in [0.15, 0.2) is 47.8 Å². The molecule has 1 fully saturated rings. The van der Waals surface area contributed by atoms with Crippen molar-refractivity contribution in [3.05, 3.63) is 54.1 Å². The van der Waals surface area contributed by atoms with E-state index in [9.17, 15) is 0 Å². The zero-order valence-electron chi connectivity index (χ0n) is 14.5. The fraction of sp³-hybridized carbons (Fsp3) is 0.474. The van der Waals surface area contributed by atoms with Gasteiger partial charge in [0.05, 0.1) is 11.7 Å². The summed E-state index contributed by atoms with van der Waals surface area (Å²) in [5, 5.41) is 1.19. The second kappa shape index (κ2) is 6.28. The number of hydrogen-bond donors (Lipinski definition) is 0. The van der Waals surface area contributed by atoms with Gasteiger partial charge in [-0.15, -0.1) is 0 Å². The highest BCUT2D eigenvalue weighted by molar-refractivity contribution is 8.14. The van der Waals surface area contributed by atoms with Crippen LogP contribution in [0, 0.1) is 0 Å². The maximum atomic E-state index is 5.06. The molecule has 5 heteroatoms. The van der Waals surface area contributed by atoms with Gasteiger partial charge in [0.1, 0.15) is 6.04 Å². The number of aliphatic imine (C=N–C) groups is 1. The molecule has 126 valence electrons. The molecule has 4 rings (SSSR count). The highest BCUT2D eigenvalue weighted by atomic mass is 32.2. The molecule has 2 aromatic rings. The molecule has 0 saturated carbocycles. The molecule has 1 saturated heterocycles. The molecule has 4 heterocycles. The van der Waals surface area contributed by atoms with Gasteiger partial charge < -0.3 is 9.47 Å². The number of amidine groups is 1. The zero-order chi connectivity index (χ0) is 16.7. The van der Waals surface area contributed by atoms with Crippen molar-refractivity contribution in [1.82, 2.24) is 14.5 Å². The fourth-order valence-electron chi connectivity index (χ4n) is 3.64. The lowest BCUT2D eigenvalue weighted by atomic mass is 9.97. The van der Waals surface area contributed by atoms with Crippen LogP contribution >= 0.6 is 11.8 Å². The van der Waals surface area contributed by atoms with E-state index in [0.717, 1.165) is 17.9 Å². The molecule has 0 radical (unpaired) electrons. The second-order valence-electron chi connectivity index (χ2n) is 6.82. The van der Waals surface area contributed by atoms with Crippen LogP contribution in [0.4, 0.5) is 0 Å².